The third-order valence-electron chi connectivity index (χ3n) is 3.72. The number of nitrogen functional groups attached to an aromatic ring is 1. The summed E-state index contributed by atoms with van der Waals surface area (Å²) in [6.07, 6.45) is 0.272. The molecule has 1 saturated heterocycles. The smallest absolute Gasteiger partial charge is 0.328 e. The Hall–Kier alpha value is -2.08. The molecule has 1 fully saturated rings. The SMILES string of the molecule is CC(CC(=O)N1CCOCC1C(=O)O)c1ccc(N)cc1. The molecule has 1 aromatic rings. The van der Waals surface area contributed by atoms with Crippen molar-refractivity contribution in [1.29, 1.82) is 0 Å². The summed E-state index contributed by atoms with van der Waals surface area (Å²) in [5.74, 6) is -1.17. The van der Waals surface area contributed by atoms with Crippen LogP contribution in [0, 0.1) is 0 Å². The first-order valence-corrected chi connectivity index (χ1v) is 6.94. The Kier molecular flexibility index (Phi) is 4.80. The minimum Gasteiger partial charge on any atom is -0.480 e. The van der Waals surface area contributed by atoms with Crippen molar-refractivity contribution in [2.24, 2.45) is 0 Å². The first-order valence-electron chi connectivity index (χ1n) is 6.94. The number of carbonyl (C=O) groups is 2. The highest BCUT2D eigenvalue weighted by Crippen LogP contribution is 2.22. The van der Waals surface area contributed by atoms with E-state index in [4.69, 9.17) is 15.6 Å². The summed E-state index contributed by atoms with van der Waals surface area (Å²) in [6.45, 7) is 2.70. The molecule has 6 heteroatoms. The molecule has 21 heavy (non-hydrogen) atoms. The molecule has 0 bridgehead atoms. The van der Waals surface area contributed by atoms with Gasteiger partial charge >= 0.3 is 5.97 Å². The number of amides is 1. The summed E-state index contributed by atoms with van der Waals surface area (Å²) in [5.41, 5.74) is 7.33. The average molecular weight is 292 g/mol. The number of ether oxygens (including phenoxy) is 1. The van der Waals surface area contributed by atoms with Crippen LogP contribution in [0.3, 0.4) is 0 Å². The van der Waals surface area contributed by atoms with Crippen molar-refractivity contribution in [2.75, 3.05) is 25.5 Å². The van der Waals surface area contributed by atoms with Gasteiger partial charge in [-0.3, -0.25) is 4.79 Å². The maximum Gasteiger partial charge on any atom is 0.328 e. The molecule has 0 spiro atoms. The molecular formula is C15H20N2O4. The molecule has 3 N–H and O–H groups in total. The number of morpholine rings is 1. The van der Waals surface area contributed by atoms with Crippen LogP contribution in [0.5, 0.6) is 0 Å². The molecule has 2 atom stereocenters. The third kappa shape index (κ3) is 3.72. The van der Waals surface area contributed by atoms with Crippen molar-refractivity contribution in [3.8, 4) is 0 Å². The van der Waals surface area contributed by atoms with Crippen LogP contribution >= 0.6 is 0 Å². The minimum absolute atomic E-state index is 0.00962. The van der Waals surface area contributed by atoms with Gasteiger partial charge in [0.2, 0.25) is 5.91 Å². The van der Waals surface area contributed by atoms with E-state index >= 15 is 0 Å². The van der Waals surface area contributed by atoms with E-state index in [1.807, 2.05) is 19.1 Å². The normalized spacial score (nSPS) is 20.0. The second-order valence-electron chi connectivity index (χ2n) is 5.29. The number of nitrogens with two attached hydrogens (primary N) is 1. The summed E-state index contributed by atoms with van der Waals surface area (Å²) in [5, 5.41) is 9.15. The fraction of sp³-hybridized carbons (Fsp3) is 0.467. The van der Waals surface area contributed by atoms with Crippen molar-refractivity contribution in [3.63, 3.8) is 0 Å². The van der Waals surface area contributed by atoms with Crippen molar-refractivity contribution >= 4 is 17.6 Å². The van der Waals surface area contributed by atoms with E-state index in [-0.39, 0.29) is 24.9 Å². The maximum absolute atomic E-state index is 12.3. The number of hydrogen-bond acceptors (Lipinski definition) is 4. The second kappa shape index (κ2) is 6.58. The van der Waals surface area contributed by atoms with Gasteiger partial charge in [0, 0.05) is 18.7 Å². The summed E-state index contributed by atoms with van der Waals surface area (Å²) in [6, 6.07) is 6.49. The monoisotopic (exact) mass is 292 g/mol. The zero-order valence-electron chi connectivity index (χ0n) is 12.0. The second-order valence-corrected chi connectivity index (χ2v) is 5.29. The van der Waals surface area contributed by atoms with Crippen LogP contribution in [0.15, 0.2) is 24.3 Å². The number of hydrogen-bond donors (Lipinski definition) is 2. The lowest BCUT2D eigenvalue weighted by Crippen LogP contribution is -2.52. The van der Waals surface area contributed by atoms with Crippen LogP contribution in [0.25, 0.3) is 0 Å². The number of rotatable bonds is 4. The van der Waals surface area contributed by atoms with E-state index in [0.29, 0.717) is 18.8 Å². The van der Waals surface area contributed by atoms with Crippen LogP contribution in [0.1, 0.15) is 24.8 Å². The molecule has 0 aliphatic carbocycles. The lowest BCUT2D eigenvalue weighted by molar-refractivity contribution is -0.158. The highest BCUT2D eigenvalue weighted by Gasteiger charge is 2.33. The zero-order valence-corrected chi connectivity index (χ0v) is 12.0. The number of carbonyl (C=O) groups excluding carboxylic acids is 1. The molecule has 6 nitrogen and oxygen atoms in total. The van der Waals surface area contributed by atoms with Gasteiger partial charge in [0.05, 0.1) is 13.2 Å². The predicted octanol–water partition coefficient (Wildman–Crippen LogP) is 1.07. The summed E-state index contributed by atoms with van der Waals surface area (Å²) < 4.78 is 5.14. The first kappa shape index (κ1) is 15.3. The Balaban J connectivity index is 2.02. The van der Waals surface area contributed by atoms with E-state index in [9.17, 15) is 9.59 Å². The average Bonchev–Trinajstić information content (AvgIpc) is 2.47. The van der Waals surface area contributed by atoms with Gasteiger partial charge in [-0.2, -0.15) is 0 Å². The van der Waals surface area contributed by atoms with Crippen LogP contribution < -0.4 is 5.73 Å². The Labute approximate surface area is 123 Å². The largest absolute Gasteiger partial charge is 0.480 e. The molecule has 0 saturated carbocycles. The lowest BCUT2D eigenvalue weighted by Gasteiger charge is -2.33. The number of aliphatic carboxylic acids is 1. The number of carboxylic acids is 1. The van der Waals surface area contributed by atoms with Crippen LogP contribution in [0.4, 0.5) is 5.69 Å². The zero-order chi connectivity index (χ0) is 15.4. The van der Waals surface area contributed by atoms with Gasteiger partial charge < -0.3 is 20.5 Å². The Bertz CT molecular complexity index is 515. The molecule has 0 radical (unpaired) electrons. The van der Waals surface area contributed by atoms with Crippen molar-refractivity contribution in [2.45, 2.75) is 25.3 Å². The van der Waals surface area contributed by atoms with Crippen LogP contribution in [0.2, 0.25) is 0 Å². The van der Waals surface area contributed by atoms with Gasteiger partial charge in [-0.05, 0) is 23.6 Å². The lowest BCUT2D eigenvalue weighted by atomic mass is 9.96. The fourth-order valence-corrected chi connectivity index (χ4v) is 2.43. The molecule has 1 aliphatic heterocycles. The molecule has 1 heterocycles. The fourth-order valence-electron chi connectivity index (χ4n) is 2.43. The highest BCUT2D eigenvalue weighted by molar-refractivity contribution is 5.84. The molecule has 1 aliphatic rings. The van der Waals surface area contributed by atoms with Crippen LogP contribution in [-0.2, 0) is 14.3 Å². The molecule has 2 rings (SSSR count). The highest BCUT2D eigenvalue weighted by atomic mass is 16.5. The van der Waals surface area contributed by atoms with E-state index < -0.39 is 12.0 Å². The third-order valence-corrected chi connectivity index (χ3v) is 3.72. The van der Waals surface area contributed by atoms with Gasteiger partial charge in [-0.1, -0.05) is 19.1 Å². The molecule has 1 aromatic carbocycles. The number of carboxylic acid groups (broad SMARTS) is 1. The molecule has 114 valence electrons. The van der Waals surface area contributed by atoms with E-state index in [0.717, 1.165) is 5.56 Å². The van der Waals surface area contributed by atoms with E-state index in [1.54, 1.807) is 12.1 Å². The van der Waals surface area contributed by atoms with Crippen molar-refractivity contribution in [3.05, 3.63) is 29.8 Å². The summed E-state index contributed by atoms with van der Waals surface area (Å²) in [4.78, 5) is 24.9. The van der Waals surface area contributed by atoms with Crippen LogP contribution in [-0.4, -0.2) is 47.7 Å². The molecule has 1 amide bonds. The van der Waals surface area contributed by atoms with Crippen molar-refractivity contribution in [1.82, 2.24) is 4.90 Å². The van der Waals surface area contributed by atoms with Gasteiger partial charge in [-0.15, -0.1) is 0 Å². The number of anilines is 1. The predicted molar refractivity (Wildman–Crippen MR) is 77.8 cm³/mol. The minimum atomic E-state index is -1.02. The summed E-state index contributed by atoms with van der Waals surface area (Å²) >= 11 is 0. The molecular weight excluding hydrogens is 272 g/mol. The summed E-state index contributed by atoms with van der Waals surface area (Å²) in [7, 11) is 0. The van der Waals surface area contributed by atoms with E-state index in [2.05, 4.69) is 0 Å². The number of benzene rings is 1. The first-order chi connectivity index (χ1) is 9.99. The maximum atomic E-state index is 12.3. The Morgan fingerprint density at radius 1 is 1.43 bits per heavy atom. The van der Waals surface area contributed by atoms with Gasteiger partial charge in [-0.25, -0.2) is 4.79 Å². The molecule has 2 unspecified atom stereocenters. The van der Waals surface area contributed by atoms with Gasteiger partial charge in [0.15, 0.2) is 6.04 Å². The quantitative estimate of drug-likeness (QED) is 0.810. The Morgan fingerprint density at radius 3 is 2.71 bits per heavy atom. The van der Waals surface area contributed by atoms with Crippen molar-refractivity contribution < 1.29 is 19.4 Å². The van der Waals surface area contributed by atoms with Gasteiger partial charge in [0.25, 0.3) is 0 Å². The topological polar surface area (TPSA) is 92.9 Å². The van der Waals surface area contributed by atoms with Gasteiger partial charge in [0.1, 0.15) is 0 Å². The number of nitrogens with zero attached hydrogens (tertiary/aromatic N) is 1. The molecule has 0 aromatic heterocycles. The van der Waals surface area contributed by atoms with E-state index in [1.165, 1.54) is 4.90 Å². The standard InChI is InChI=1S/C15H20N2O4/c1-10(11-2-4-12(16)5-3-11)8-14(18)17-6-7-21-9-13(17)15(19)20/h2-5,10,13H,6-9,16H2,1H3,(H,19,20). The Morgan fingerprint density at radius 2 is 2.10 bits per heavy atom.